The summed E-state index contributed by atoms with van der Waals surface area (Å²) in [6, 6.07) is 0. The molecule has 0 aromatic rings. The van der Waals surface area contributed by atoms with Crippen LogP contribution in [0.3, 0.4) is 0 Å². The summed E-state index contributed by atoms with van der Waals surface area (Å²) in [5, 5.41) is 80.9. The summed E-state index contributed by atoms with van der Waals surface area (Å²) >= 11 is 0. The third kappa shape index (κ3) is 43.3. The molecule has 8 aliphatic carbocycles. The van der Waals surface area contributed by atoms with E-state index in [1.165, 1.54) is 231 Å². The summed E-state index contributed by atoms with van der Waals surface area (Å²) in [7, 11) is 0. The molecule has 22 atom stereocenters. The van der Waals surface area contributed by atoms with Crippen molar-refractivity contribution >= 4 is 0 Å². The molecule has 0 bridgehead atoms. The van der Waals surface area contributed by atoms with E-state index in [9.17, 15) is 40.9 Å². The lowest BCUT2D eigenvalue weighted by Crippen LogP contribution is -2.45. The second-order valence-corrected chi connectivity index (χ2v) is 48.5. The van der Waals surface area contributed by atoms with Crippen molar-refractivity contribution in [3.63, 3.8) is 0 Å². The van der Waals surface area contributed by atoms with Gasteiger partial charge in [0.05, 0.1) is 48.8 Å². The summed E-state index contributed by atoms with van der Waals surface area (Å²) in [4.78, 5) is 0. The van der Waals surface area contributed by atoms with Gasteiger partial charge in [0.15, 0.2) is 0 Å². The minimum absolute atomic E-state index is 0.00663. The van der Waals surface area contributed by atoms with Crippen LogP contribution in [0.15, 0.2) is 0 Å². The van der Waals surface area contributed by atoms with Gasteiger partial charge in [-0.1, -0.05) is 337 Å². The van der Waals surface area contributed by atoms with E-state index < -0.39 is 0 Å². The Labute approximate surface area is 727 Å². The SMILES string of the molecule is CC(C)(C)C1CCC(C(C)(C)C)C(O)C1.CC(C)(C)C1CCC(O)C(C(C)(C)C)C1.CC(C)(C)C1CCCC(C(C)(C)C)C1O.CC(C)C1CCC(O)C(C(C)C)C1.CC(C)C1CCCC(C(C)C)C1O.CCCCC1CCC(CCCC)C(O)C1.CCCCC1CCC(O)C(CCCC)C1.CCCCC1CCCC(O)C1CCCC. The van der Waals surface area contributed by atoms with Gasteiger partial charge in [0.1, 0.15) is 0 Å². The molecule has 0 heterocycles. The van der Waals surface area contributed by atoms with Gasteiger partial charge in [0, 0.05) is 0 Å². The van der Waals surface area contributed by atoms with Gasteiger partial charge in [-0.3, -0.25) is 0 Å². The summed E-state index contributed by atoms with van der Waals surface area (Å²) in [6.07, 6.45) is 51.9. The maximum Gasteiger partial charge on any atom is 0.0606 e. The predicted octanol–water partition coefficient (Wildman–Crippen LogP) is 30.2. The summed E-state index contributed by atoms with van der Waals surface area (Å²) < 4.78 is 0. The van der Waals surface area contributed by atoms with E-state index in [2.05, 4.69) is 222 Å². The van der Waals surface area contributed by atoms with Crippen LogP contribution in [0.4, 0.5) is 0 Å². The van der Waals surface area contributed by atoms with Crippen LogP contribution >= 0.6 is 0 Å². The number of rotatable bonds is 22. The fraction of sp³-hybridized carbons (Fsp3) is 1.00. The second kappa shape index (κ2) is 56.7. The van der Waals surface area contributed by atoms with Gasteiger partial charge in [-0.15, -0.1) is 0 Å². The lowest BCUT2D eigenvalue weighted by Gasteiger charge is -2.46. The molecule has 696 valence electrons. The molecule has 116 heavy (non-hydrogen) atoms. The van der Waals surface area contributed by atoms with Crippen LogP contribution in [0.1, 0.15) is 491 Å². The van der Waals surface area contributed by atoms with E-state index in [1.54, 1.807) is 0 Å². The van der Waals surface area contributed by atoms with Crippen LogP contribution in [-0.2, 0) is 0 Å². The molecular formula is C108H216O8. The first kappa shape index (κ1) is 114. The Bertz CT molecular complexity index is 2290. The Morgan fingerprint density at radius 3 is 1.06 bits per heavy atom. The summed E-state index contributed by atoms with van der Waals surface area (Å²) in [5.74, 6) is 12.9. The van der Waals surface area contributed by atoms with Crippen LogP contribution in [0.25, 0.3) is 0 Å². The van der Waals surface area contributed by atoms with Crippen molar-refractivity contribution in [1.29, 1.82) is 0 Å². The average Bonchev–Trinajstić information content (AvgIpc) is 0.795. The highest BCUT2D eigenvalue weighted by Crippen LogP contribution is 2.50. The molecule has 8 rings (SSSR count). The van der Waals surface area contributed by atoms with E-state index in [0.717, 1.165) is 74.0 Å². The largest absolute Gasteiger partial charge is 0.393 e. The average molecular weight is 1640 g/mol. The zero-order valence-corrected chi connectivity index (χ0v) is 84.4. The van der Waals surface area contributed by atoms with Gasteiger partial charge in [-0.2, -0.15) is 0 Å². The van der Waals surface area contributed by atoms with Gasteiger partial charge in [-0.05, 0) is 305 Å². The van der Waals surface area contributed by atoms with Gasteiger partial charge in [-0.25, -0.2) is 0 Å². The number of hydrogen-bond donors (Lipinski definition) is 8. The van der Waals surface area contributed by atoms with Gasteiger partial charge in [0.25, 0.3) is 0 Å². The first-order valence-electron chi connectivity index (χ1n) is 51.2. The maximum absolute atomic E-state index is 10.5. The van der Waals surface area contributed by atoms with E-state index in [0.29, 0.717) is 93.7 Å². The monoisotopic (exact) mass is 1640 g/mol. The van der Waals surface area contributed by atoms with Crippen molar-refractivity contribution in [2.45, 2.75) is 540 Å². The van der Waals surface area contributed by atoms with Crippen LogP contribution < -0.4 is 0 Å². The molecule has 8 heteroatoms. The molecule has 8 nitrogen and oxygen atoms in total. The lowest BCUT2D eigenvalue weighted by molar-refractivity contribution is -0.0660. The van der Waals surface area contributed by atoms with Crippen molar-refractivity contribution in [2.75, 3.05) is 0 Å². The molecule has 22 unspecified atom stereocenters. The molecule has 0 aromatic heterocycles. The highest BCUT2D eigenvalue weighted by atomic mass is 16.3. The zero-order valence-electron chi connectivity index (χ0n) is 84.4. The maximum atomic E-state index is 10.5. The minimum atomic E-state index is -0.112. The number of aliphatic hydroxyl groups is 8. The van der Waals surface area contributed by atoms with Crippen molar-refractivity contribution in [1.82, 2.24) is 0 Å². The third-order valence-electron chi connectivity index (χ3n) is 31.6. The fourth-order valence-corrected chi connectivity index (χ4v) is 22.9. The van der Waals surface area contributed by atoms with E-state index in [-0.39, 0.29) is 70.5 Å². The zero-order chi connectivity index (χ0) is 88.9. The van der Waals surface area contributed by atoms with E-state index in [4.69, 9.17) is 0 Å². The molecule has 0 amide bonds. The number of hydrogen-bond acceptors (Lipinski definition) is 8. The van der Waals surface area contributed by atoms with Gasteiger partial charge >= 0.3 is 0 Å². The van der Waals surface area contributed by atoms with Crippen LogP contribution in [0.5, 0.6) is 0 Å². The number of aliphatic hydroxyl groups excluding tert-OH is 8. The molecular weight excluding hydrogens is 1430 g/mol. The smallest absolute Gasteiger partial charge is 0.0606 e. The highest BCUT2D eigenvalue weighted by Gasteiger charge is 2.45. The first-order chi connectivity index (χ1) is 53.8. The van der Waals surface area contributed by atoms with Crippen molar-refractivity contribution in [2.24, 2.45) is 151 Å². The molecule has 8 saturated carbocycles. The quantitative estimate of drug-likeness (QED) is 0.0531. The van der Waals surface area contributed by atoms with Crippen molar-refractivity contribution in [3.8, 4) is 0 Å². The van der Waals surface area contributed by atoms with Gasteiger partial charge in [0.2, 0.25) is 0 Å². The highest BCUT2D eigenvalue weighted by molar-refractivity contribution is 4.95. The molecule has 0 saturated heterocycles. The molecule has 0 spiro atoms. The van der Waals surface area contributed by atoms with E-state index >= 15 is 0 Å². The first-order valence-corrected chi connectivity index (χ1v) is 51.2. The molecule has 0 radical (unpaired) electrons. The molecule has 8 N–H and O–H groups in total. The third-order valence-corrected chi connectivity index (χ3v) is 31.6. The fourth-order valence-electron chi connectivity index (χ4n) is 22.9. The standard InChI is InChI=1S/6C14H28O.2C12H24O/c1-13(2,3)10-7-8-12(15)11(9-10)14(4,5)6;1-13(2,3)10-7-8-11(12(15)9-10)14(4,5)6;1-13(2,3)10-8-7-9-11(12(10)15)14(4,5)6;1-3-5-8-12-9-7-11-14(15)13(12)10-6-4-2;1-3-5-7-12-9-10-14(15)13(11-12)8-6-4-2;1-3-5-7-12-9-10-13(8-6-4-2)14(15)11-12;1-8(2)10-5-6-12(13)11(7-10)9(3)4;1-8(2)10-6-5-7-11(9(3)4)12(10)13/h3*10-12,15H,7-9H2,1-6H3;3*12-15H,3-11H2,1-2H3;2*8-13H,5-7H2,1-4H3. The summed E-state index contributed by atoms with van der Waals surface area (Å²) in [6.45, 7) is 72.4. The van der Waals surface area contributed by atoms with Crippen LogP contribution in [-0.4, -0.2) is 89.7 Å². The summed E-state index contributed by atoms with van der Waals surface area (Å²) in [5.41, 5.74) is 1.71. The molecule has 8 fully saturated rings. The topological polar surface area (TPSA) is 162 Å². The number of unbranched alkanes of at least 4 members (excludes halogenated alkanes) is 6. The normalized spacial score (nSPS) is 33.6. The Hall–Kier alpha value is -0.320. The van der Waals surface area contributed by atoms with Crippen molar-refractivity contribution in [3.05, 3.63) is 0 Å². The van der Waals surface area contributed by atoms with E-state index in [1.807, 2.05) is 0 Å². The van der Waals surface area contributed by atoms with Crippen molar-refractivity contribution < 1.29 is 40.9 Å². The molecule has 8 aliphatic rings. The second-order valence-electron chi connectivity index (χ2n) is 48.5. The van der Waals surface area contributed by atoms with Crippen LogP contribution in [0, 0.1) is 151 Å². The molecule has 0 aromatic carbocycles. The lowest BCUT2D eigenvalue weighted by atomic mass is 9.61. The molecule has 0 aliphatic heterocycles. The van der Waals surface area contributed by atoms with Crippen LogP contribution in [0.2, 0.25) is 0 Å². The Balaban J connectivity index is 0.000000663. The predicted molar refractivity (Wildman–Crippen MR) is 508 cm³/mol. The minimum Gasteiger partial charge on any atom is -0.393 e. The van der Waals surface area contributed by atoms with Gasteiger partial charge < -0.3 is 40.9 Å². The Kier molecular flexibility index (Phi) is 55.6. The Morgan fingerprint density at radius 1 is 0.241 bits per heavy atom. The Morgan fingerprint density at radius 2 is 0.629 bits per heavy atom.